The van der Waals surface area contributed by atoms with Gasteiger partial charge >= 0.3 is 0 Å². The van der Waals surface area contributed by atoms with Gasteiger partial charge in [-0.25, -0.2) is 4.39 Å². The molecule has 0 saturated carbocycles. The first-order chi connectivity index (χ1) is 14.5. The molecule has 6 nitrogen and oxygen atoms in total. The summed E-state index contributed by atoms with van der Waals surface area (Å²) in [6.45, 7) is 11.9. The first-order valence-corrected chi connectivity index (χ1v) is 11.2. The molecule has 1 fully saturated rings. The van der Waals surface area contributed by atoms with Gasteiger partial charge in [-0.1, -0.05) is 18.2 Å². The van der Waals surface area contributed by atoms with Crippen molar-refractivity contribution in [2.24, 2.45) is 10.9 Å². The Morgan fingerprint density at radius 2 is 1.84 bits per heavy atom. The van der Waals surface area contributed by atoms with E-state index in [9.17, 15) is 9.18 Å². The summed E-state index contributed by atoms with van der Waals surface area (Å²) in [6, 6.07) is 7.02. The van der Waals surface area contributed by atoms with Crippen LogP contribution in [0.4, 0.5) is 4.39 Å². The van der Waals surface area contributed by atoms with Gasteiger partial charge in [-0.15, -0.1) is 24.0 Å². The summed E-state index contributed by atoms with van der Waals surface area (Å²) in [4.78, 5) is 23.3. The van der Waals surface area contributed by atoms with Crippen LogP contribution in [-0.2, 0) is 11.3 Å². The number of hydrogen-bond acceptors (Lipinski definition) is 3. The zero-order valence-corrected chi connectivity index (χ0v) is 21.8. The Bertz CT molecular complexity index is 690. The number of halogens is 2. The number of rotatable bonds is 9. The molecule has 0 atom stereocenters. The molecule has 0 spiro atoms. The van der Waals surface area contributed by atoms with E-state index in [1.54, 1.807) is 6.07 Å². The average molecular weight is 548 g/mol. The van der Waals surface area contributed by atoms with Crippen LogP contribution in [0.15, 0.2) is 29.3 Å². The summed E-state index contributed by atoms with van der Waals surface area (Å²) in [5.41, 5.74) is 0.767. The Labute approximate surface area is 204 Å². The van der Waals surface area contributed by atoms with E-state index in [2.05, 4.69) is 10.2 Å². The maximum Gasteiger partial charge on any atom is 0.242 e. The van der Waals surface area contributed by atoms with Crippen LogP contribution in [-0.4, -0.2) is 79.4 Å². The number of benzene rings is 1. The van der Waals surface area contributed by atoms with Crippen molar-refractivity contribution < 1.29 is 9.18 Å². The van der Waals surface area contributed by atoms with Crippen LogP contribution in [0.5, 0.6) is 0 Å². The highest BCUT2D eigenvalue weighted by atomic mass is 127. The minimum Gasteiger partial charge on any atom is -0.357 e. The Kier molecular flexibility index (Phi) is 13.0. The number of carbonyl (C=O) groups is 1. The highest BCUT2D eigenvalue weighted by Gasteiger charge is 2.21. The van der Waals surface area contributed by atoms with Crippen LogP contribution >= 0.6 is 24.0 Å². The average Bonchev–Trinajstić information content (AvgIpc) is 2.74. The summed E-state index contributed by atoms with van der Waals surface area (Å²) < 4.78 is 13.9. The molecular weight excluding hydrogens is 508 g/mol. The molecule has 0 bridgehead atoms. The van der Waals surface area contributed by atoms with Crippen molar-refractivity contribution >= 4 is 35.8 Å². The second-order valence-electron chi connectivity index (χ2n) is 7.93. The van der Waals surface area contributed by atoms with Crippen molar-refractivity contribution in [2.45, 2.75) is 40.2 Å². The van der Waals surface area contributed by atoms with Gasteiger partial charge in [-0.05, 0) is 58.7 Å². The van der Waals surface area contributed by atoms with E-state index >= 15 is 0 Å². The molecule has 1 aliphatic rings. The molecule has 1 saturated heterocycles. The zero-order valence-electron chi connectivity index (χ0n) is 19.4. The van der Waals surface area contributed by atoms with E-state index in [-0.39, 0.29) is 35.7 Å². The van der Waals surface area contributed by atoms with E-state index in [1.807, 2.05) is 49.8 Å². The number of likely N-dealkylation sites (N-methyl/N-ethyl adjacent to an activating group) is 2. The second kappa shape index (κ2) is 14.6. The van der Waals surface area contributed by atoms with Gasteiger partial charge in [0.25, 0.3) is 0 Å². The Morgan fingerprint density at radius 1 is 1.19 bits per heavy atom. The third kappa shape index (κ3) is 8.92. The predicted molar refractivity (Wildman–Crippen MR) is 136 cm³/mol. The molecule has 1 heterocycles. The number of hydrogen-bond donors (Lipinski definition) is 1. The van der Waals surface area contributed by atoms with Crippen molar-refractivity contribution in [1.82, 2.24) is 20.0 Å². The Hall–Kier alpha value is -1.42. The molecule has 0 unspecified atom stereocenters. The van der Waals surface area contributed by atoms with Crippen molar-refractivity contribution in [1.29, 1.82) is 0 Å². The van der Waals surface area contributed by atoms with Crippen molar-refractivity contribution in [3.05, 3.63) is 35.6 Å². The monoisotopic (exact) mass is 547 g/mol. The number of likely N-dealkylation sites (tertiary alicyclic amines) is 1. The van der Waals surface area contributed by atoms with E-state index in [4.69, 9.17) is 4.99 Å². The molecule has 1 aromatic rings. The van der Waals surface area contributed by atoms with E-state index in [1.165, 1.54) is 6.07 Å². The lowest BCUT2D eigenvalue weighted by atomic mass is 9.96. The fraction of sp³-hybridized carbons (Fsp3) is 0.652. The predicted octanol–water partition coefficient (Wildman–Crippen LogP) is 3.42. The van der Waals surface area contributed by atoms with Gasteiger partial charge in [-0.2, -0.15) is 0 Å². The SMILES string of the molecule is CCNC(=NCC1CCN(Cc2ccccc2F)CC1)N(C)CC(=O)N(CC)CC.I. The minimum atomic E-state index is -0.123. The molecule has 2 rings (SSSR count). The smallest absolute Gasteiger partial charge is 0.242 e. The fourth-order valence-electron chi connectivity index (χ4n) is 3.83. The number of guanidine groups is 1. The first kappa shape index (κ1) is 27.6. The zero-order chi connectivity index (χ0) is 21.9. The van der Waals surface area contributed by atoms with Gasteiger partial charge in [0.2, 0.25) is 5.91 Å². The highest BCUT2D eigenvalue weighted by molar-refractivity contribution is 14.0. The van der Waals surface area contributed by atoms with Gasteiger partial charge in [0.1, 0.15) is 5.82 Å². The van der Waals surface area contributed by atoms with E-state index in [0.717, 1.165) is 63.6 Å². The third-order valence-electron chi connectivity index (χ3n) is 5.74. The van der Waals surface area contributed by atoms with Crippen LogP contribution < -0.4 is 5.32 Å². The molecule has 0 radical (unpaired) electrons. The van der Waals surface area contributed by atoms with Crippen LogP contribution in [0, 0.1) is 11.7 Å². The standard InChI is InChI=1S/C23H38FN5O.HI/c1-5-25-23(27(4)18-22(30)29(6-2)7-3)26-16-19-12-14-28(15-13-19)17-20-10-8-9-11-21(20)24;/h8-11,19H,5-7,12-18H2,1-4H3,(H,25,26);1H. The first-order valence-electron chi connectivity index (χ1n) is 11.2. The minimum absolute atomic E-state index is 0. The third-order valence-corrected chi connectivity index (χ3v) is 5.74. The quantitative estimate of drug-likeness (QED) is 0.293. The number of amides is 1. The summed E-state index contributed by atoms with van der Waals surface area (Å²) in [7, 11) is 1.92. The maximum absolute atomic E-state index is 13.9. The molecule has 1 aliphatic heterocycles. The molecule has 0 aliphatic carbocycles. The summed E-state index contributed by atoms with van der Waals surface area (Å²) in [5, 5.41) is 3.30. The molecule has 8 heteroatoms. The maximum atomic E-state index is 13.9. The van der Waals surface area contributed by atoms with Gasteiger partial charge in [-0.3, -0.25) is 14.7 Å². The number of nitrogens with zero attached hydrogens (tertiary/aromatic N) is 4. The molecule has 1 N–H and O–H groups in total. The molecule has 1 amide bonds. The van der Waals surface area contributed by atoms with Crippen molar-refractivity contribution in [2.75, 3.05) is 52.9 Å². The number of carbonyl (C=O) groups excluding carboxylic acids is 1. The van der Waals surface area contributed by atoms with Crippen LogP contribution in [0.1, 0.15) is 39.2 Å². The Morgan fingerprint density at radius 3 is 2.42 bits per heavy atom. The molecule has 0 aromatic heterocycles. The normalized spacial score (nSPS) is 15.3. The lowest BCUT2D eigenvalue weighted by Gasteiger charge is -2.32. The van der Waals surface area contributed by atoms with Crippen molar-refractivity contribution in [3.8, 4) is 0 Å². The largest absolute Gasteiger partial charge is 0.357 e. The molecule has 31 heavy (non-hydrogen) atoms. The number of aliphatic imine (C=N–C) groups is 1. The van der Waals surface area contributed by atoms with E-state index < -0.39 is 0 Å². The summed E-state index contributed by atoms with van der Waals surface area (Å²) in [5.74, 6) is 1.30. The second-order valence-corrected chi connectivity index (χ2v) is 7.93. The van der Waals surface area contributed by atoms with Crippen molar-refractivity contribution in [3.63, 3.8) is 0 Å². The van der Waals surface area contributed by atoms with E-state index in [0.29, 0.717) is 19.0 Å². The molecule has 1 aromatic carbocycles. The van der Waals surface area contributed by atoms with Crippen LogP contribution in [0.2, 0.25) is 0 Å². The molecule has 176 valence electrons. The number of piperidine rings is 1. The van der Waals surface area contributed by atoms with Crippen LogP contribution in [0.3, 0.4) is 0 Å². The van der Waals surface area contributed by atoms with Gasteiger partial charge < -0.3 is 15.1 Å². The topological polar surface area (TPSA) is 51.2 Å². The van der Waals surface area contributed by atoms with Gasteiger partial charge in [0, 0.05) is 45.3 Å². The Balaban J connectivity index is 0.00000480. The molecular formula is C23H39FIN5O. The van der Waals surface area contributed by atoms with Gasteiger partial charge in [0.05, 0.1) is 6.54 Å². The van der Waals surface area contributed by atoms with Crippen LogP contribution in [0.25, 0.3) is 0 Å². The number of nitrogens with one attached hydrogen (secondary N) is 1. The summed E-state index contributed by atoms with van der Waals surface area (Å²) >= 11 is 0. The lowest BCUT2D eigenvalue weighted by Crippen LogP contribution is -2.46. The summed E-state index contributed by atoms with van der Waals surface area (Å²) in [6.07, 6.45) is 2.11. The highest BCUT2D eigenvalue weighted by Crippen LogP contribution is 2.20. The van der Waals surface area contributed by atoms with Gasteiger partial charge in [0.15, 0.2) is 5.96 Å². The fourth-order valence-corrected chi connectivity index (χ4v) is 3.83. The lowest BCUT2D eigenvalue weighted by molar-refractivity contribution is -0.131.